The summed E-state index contributed by atoms with van der Waals surface area (Å²) in [6.07, 6.45) is 1.51. The second-order valence-electron chi connectivity index (χ2n) is 4.76. The van der Waals surface area contributed by atoms with Crippen molar-refractivity contribution in [2.75, 3.05) is 23.8 Å². The molecule has 5 nitrogen and oxygen atoms in total. The molecule has 0 aliphatic rings. The van der Waals surface area contributed by atoms with Crippen molar-refractivity contribution in [2.45, 2.75) is 32.7 Å². The van der Waals surface area contributed by atoms with Crippen LogP contribution in [-0.2, 0) is 0 Å². The predicted octanol–water partition coefficient (Wildman–Crippen LogP) is 3.25. The van der Waals surface area contributed by atoms with Crippen LogP contribution in [0.3, 0.4) is 0 Å². The molecule has 2 aromatic heterocycles. The first kappa shape index (κ1) is 14.5. The number of nitrogens with one attached hydrogen (secondary N) is 1. The lowest BCUT2D eigenvalue weighted by molar-refractivity contribution is 0.696. The van der Waals surface area contributed by atoms with Gasteiger partial charge in [-0.25, -0.2) is 4.98 Å². The third kappa shape index (κ3) is 2.99. The highest BCUT2D eigenvalue weighted by Crippen LogP contribution is 2.29. The number of thiophene rings is 1. The maximum atomic E-state index is 8.86. The predicted molar refractivity (Wildman–Crippen MR) is 84.3 cm³/mol. The molecule has 0 aromatic carbocycles. The van der Waals surface area contributed by atoms with Gasteiger partial charge in [-0.15, -0.1) is 11.3 Å². The molecule has 0 fully saturated rings. The Morgan fingerprint density at radius 1 is 1.50 bits per heavy atom. The van der Waals surface area contributed by atoms with Crippen molar-refractivity contribution in [3.8, 4) is 6.07 Å². The minimum atomic E-state index is 0.122. The maximum absolute atomic E-state index is 8.86. The molecule has 0 aliphatic heterocycles. The summed E-state index contributed by atoms with van der Waals surface area (Å²) in [5.41, 5.74) is 0. The van der Waals surface area contributed by atoms with Crippen molar-refractivity contribution in [3.05, 3.63) is 11.4 Å². The van der Waals surface area contributed by atoms with Crippen molar-refractivity contribution in [1.29, 1.82) is 5.26 Å². The summed E-state index contributed by atoms with van der Waals surface area (Å²) in [6, 6.07) is 4.37. The molecule has 1 unspecified atom stereocenters. The molecule has 0 aliphatic carbocycles. The van der Waals surface area contributed by atoms with Crippen LogP contribution in [0.25, 0.3) is 10.2 Å². The van der Waals surface area contributed by atoms with Gasteiger partial charge in [-0.1, -0.05) is 6.92 Å². The third-order valence-corrected chi connectivity index (χ3v) is 4.03. The maximum Gasteiger partial charge on any atom is 0.226 e. The van der Waals surface area contributed by atoms with E-state index in [0.29, 0.717) is 12.4 Å². The highest BCUT2D eigenvalue weighted by molar-refractivity contribution is 7.16. The normalized spacial score (nSPS) is 12.1. The summed E-state index contributed by atoms with van der Waals surface area (Å²) in [4.78, 5) is 12.2. The van der Waals surface area contributed by atoms with E-state index in [0.717, 1.165) is 29.0 Å². The fourth-order valence-corrected chi connectivity index (χ4v) is 2.66. The molecule has 0 amide bonds. The van der Waals surface area contributed by atoms with Crippen molar-refractivity contribution in [3.63, 3.8) is 0 Å². The van der Waals surface area contributed by atoms with Gasteiger partial charge in [0.15, 0.2) is 0 Å². The number of nitrogens with zero attached hydrogens (tertiary/aromatic N) is 4. The molecular weight excluding hydrogens is 270 g/mol. The molecule has 0 saturated carbocycles. The van der Waals surface area contributed by atoms with Crippen molar-refractivity contribution in [2.24, 2.45) is 0 Å². The molecule has 1 atom stereocenters. The van der Waals surface area contributed by atoms with Gasteiger partial charge in [0.2, 0.25) is 5.95 Å². The highest BCUT2D eigenvalue weighted by Gasteiger charge is 2.16. The molecule has 6 heteroatoms. The molecule has 20 heavy (non-hydrogen) atoms. The largest absolute Gasteiger partial charge is 0.355 e. The average molecular weight is 289 g/mol. The van der Waals surface area contributed by atoms with Crippen LogP contribution in [0.4, 0.5) is 11.8 Å². The zero-order chi connectivity index (χ0) is 14.5. The number of rotatable bonds is 6. The first-order valence-electron chi connectivity index (χ1n) is 6.76. The molecule has 0 radical (unpaired) electrons. The number of hydrogen-bond donors (Lipinski definition) is 1. The minimum Gasteiger partial charge on any atom is -0.355 e. The average Bonchev–Trinajstić information content (AvgIpc) is 2.91. The molecule has 2 heterocycles. The van der Waals surface area contributed by atoms with E-state index in [9.17, 15) is 0 Å². The molecule has 106 valence electrons. The molecule has 0 saturated heterocycles. The molecule has 2 rings (SSSR count). The summed E-state index contributed by atoms with van der Waals surface area (Å²) >= 11 is 1.61. The van der Waals surface area contributed by atoms with Crippen LogP contribution in [0, 0.1) is 11.3 Å². The molecular formula is C14H19N5S. The standard InChI is InChI=1S/C14H19N5S/c1-4-8-16-14-17-12(19(3)10(2)5-7-15)11-6-9-20-13(11)18-14/h6,9-10H,4-5,8H2,1-3H3,(H,16,17,18). The van der Waals surface area contributed by atoms with E-state index < -0.39 is 0 Å². The fraction of sp³-hybridized carbons (Fsp3) is 0.500. The summed E-state index contributed by atoms with van der Waals surface area (Å²) in [5.74, 6) is 1.55. The summed E-state index contributed by atoms with van der Waals surface area (Å²) in [5, 5.41) is 15.2. The second kappa shape index (κ2) is 6.53. The lowest BCUT2D eigenvalue weighted by Gasteiger charge is -2.25. The van der Waals surface area contributed by atoms with Crippen LogP contribution in [0.2, 0.25) is 0 Å². The lowest BCUT2D eigenvalue weighted by Crippen LogP contribution is -2.29. The van der Waals surface area contributed by atoms with Gasteiger partial charge >= 0.3 is 0 Å². The first-order chi connectivity index (χ1) is 9.67. The van der Waals surface area contributed by atoms with Gasteiger partial charge in [-0.2, -0.15) is 10.2 Å². The van der Waals surface area contributed by atoms with Gasteiger partial charge in [0.25, 0.3) is 0 Å². The second-order valence-corrected chi connectivity index (χ2v) is 5.65. The van der Waals surface area contributed by atoms with Crippen LogP contribution < -0.4 is 10.2 Å². The Balaban J connectivity index is 2.39. The van der Waals surface area contributed by atoms with E-state index in [1.807, 2.05) is 25.4 Å². The van der Waals surface area contributed by atoms with E-state index in [1.165, 1.54) is 0 Å². The molecule has 0 spiro atoms. The Morgan fingerprint density at radius 3 is 3.00 bits per heavy atom. The third-order valence-electron chi connectivity index (χ3n) is 3.22. The Bertz CT molecular complexity index is 616. The summed E-state index contributed by atoms with van der Waals surface area (Å²) in [6.45, 7) is 5.00. The van der Waals surface area contributed by atoms with Crippen LogP contribution in [0.15, 0.2) is 11.4 Å². The van der Waals surface area contributed by atoms with Crippen molar-refractivity contribution in [1.82, 2.24) is 9.97 Å². The highest BCUT2D eigenvalue weighted by atomic mass is 32.1. The van der Waals surface area contributed by atoms with E-state index in [4.69, 9.17) is 5.26 Å². The SMILES string of the molecule is CCCNc1nc(N(C)C(C)CC#N)c2ccsc2n1. The Hall–Kier alpha value is -1.87. The lowest BCUT2D eigenvalue weighted by atomic mass is 10.2. The monoisotopic (exact) mass is 289 g/mol. The Labute approximate surface area is 123 Å². The van der Waals surface area contributed by atoms with Gasteiger partial charge in [0.05, 0.1) is 17.9 Å². The van der Waals surface area contributed by atoms with Crippen LogP contribution in [-0.4, -0.2) is 29.6 Å². The van der Waals surface area contributed by atoms with E-state index in [1.54, 1.807) is 11.3 Å². The number of hydrogen-bond acceptors (Lipinski definition) is 6. The van der Waals surface area contributed by atoms with Gasteiger partial charge < -0.3 is 10.2 Å². The number of aromatic nitrogens is 2. The zero-order valence-electron chi connectivity index (χ0n) is 12.1. The van der Waals surface area contributed by atoms with Crippen molar-refractivity contribution >= 4 is 33.3 Å². The fourth-order valence-electron chi connectivity index (χ4n) is 1.90. The van der Waals surface area contributed by atoms with Gasteiger partial charge in [-0.3, -0.25) is 0 Å². The van der Waals surface area contributed by atoms with Crippen LogP contribution in [0.5, 0.6) is 0 Å². The summed E-state index contributed by atoms with van der Waals surface area (Å²) in [7, 11) is 1.98. The molecule has 2 aromatic rings. The smallest absolute Gasteiger partial charge is 0.226 e. The van der Waals surface area contributed by atoms with Crippen molar-refractivity contribution < 1.29 is 0 Å². The number of nitriles is 1. The number of fused-ring (bicyclic) bond motifs is 1. The summed E-state index contributed by atoms with van der Waals surface area (Å²) < 4.78 is 0. The van der Waals surface area contributed by atoms with Crippen LogP contribution >= 0.6 is 11.3 Å². The van der Waals surface area contributed by atoms with E-state index in [-0.39, 0.29) is 6.04 Å². The van der Waals surface area contributed by atoms with Gasteiger partial charge in [0.1, 0.15) is 10.6 Å². The first-order valence-corrected chi connectivity index (χ1v) is 7.64. The Morgan fingerprint density at radius 2 is 2.30 bits per heavy atom. The van der Waals surface area contributed by atoms with Gasteiger partial charge in [-0.05, 0) is 24.8 Å². The Kier molecular flexibility index (Phi) is 4.74. The number of anilines is 2. The molecule has 0 bridgehead atoms. The topological polar surface area (TPSA) is 64.8 Å². The van der Waals surface area contributed by atoms with E-state index in [2.05, 4.69) is 33.2 Å². The van der Waals surface area contributed by atoms with E-state index >= 15 is 0 Å². The quantitative estimate of drug-likeness (QED) is 0.884. The molecule has 1 N–H and O–H groups in total. The van der Waals surface area contributed by atoms with Gasteiger partial charge in [0, 0.05) is 19.6 Å². The van der Waals surface area contributed by atoms with Crippen LogP contribution in [0.1, 0.15) is 26.7 Å². The minimum absolute atomic E-state index is 0.122. The zero-order valence-corrected chi connectivity index (χ0v) is 12.9.